The molecule has 2 rings (SSSR count). The average molecular weight is 219 g/mol. The lowest BCUT2D eigenvalue weighted by Crippen LogP contribution is -2.37. The highest BCUT2D eigenvalue weighted by Crippen LogP contribution is 2.18. The van der Waals surface area contributed by atoms with Crippen molar-refractivity contribution in [2.75, 3.05) is 26.2 Å². The number of rotatable bonds is 4. The summed E-state index contributed by atoms with van der Waals surface area (Å²) >= 11 is 0. The molecule has 0 spiro atoms. The summed E-state index contributed by atoms with van der Waals surface area (Å²) in [6, 6.07) is 10.1. The number of piperidine rings is 1. The average Bonchev–Trinajstić information content (AvgIpc) is 2.38. The van der Waals surface area contributed by atoms with E-state index in [1.165, 1.54) is 32.5 Å². The SMILES string of the molecule is CCN1CCC[C@@H](COc2ccccc2)C1. The van der Waals surface area contributed by atoms with E-state index in [1.807, 2.05) is 30.3 Å². The molecule has 2 heteroatoms. The Bertz CT molecular complexity index is 299. The van der Waals surface area contributed by atoms with Crippen molar-refractivity contribution in [3.8, 4) is 5.75 Å². The first kappa shape index (κ1) is 11.5. The van der Waals surface area contributed by atoms with Gasteiger partial charge in [-0.2, -0.15) is 0 Å². The predicted octanol–water partition coefficient (Wildman–Crippen LogP) is 2.80. The lowest BCUT2D eigenvalue weighted by atomic mass is 9.99. The first-order valence-electron chi connectivity index (χ1n) is 6.28. The molecule has 0 aliphatic carbocycles. The Morgan fingerprint density at radius 2 is 2.12 bits per heavy atom. The maximum absolute atomic E-state index is 5.81. The van der Waals surface area contributed by atoms with Gasteiger partial charge in [0.25, 0.3) is 0 Å². The summed E-state index contributed by atoms with van der Waals surface area (Å²) in [5, 5.41) is 0. The Balaban J connectivity index is 1.77. The molecule has 0 amide bonds. The van der Waals surface area contributed by atoms with Crippen molar-refractivity contribution in [1.29, 1.82) is 0 Å². The van der Waals surface area contributed by atoms with Crippen LogP contribution < -0.4 is 4.74 Å². The van der Waals surface area contributed by atoms with Crippen LogP contribution in [0.25, 0.3) is 0 Å². The van der Waals surface area contributed by atoms with Crippen molar-refractivity contribution in [2.24, 2.45) is 5.92 Å². The molecule has 1 aromatic rings. The molecule has 0 saturated carbocycles. The van der Waals surface area contributed by atoms with E-state index in [1.54, 1.807) is 0 Å². The van der Waals surface area contributed by atoms with Crippen LogP contribution in [-0.2, 0) is 0 Å². The third kappa shape index (κ3) is 3.24. The monoisotopic (exact) mass is 219 g/mol. The van der Waals surface area contributed by atoms with Crippen LogP contribution in [-0.4, -0.2) is 31.1 Å². The summed E-state index contributed by atoms with van der Waals surface area (Å²) in [4.78, 5) is 2.52. The van der Waals surface area contributed by atoms with E-state index in [0.717, 1.165) is 12.4 Å². The van der Waals surface area contributed by atoms with Gasteiger partial charge in [0, 0.05) is 12.5 Å². The zero-order chi connectivity index (χ0) is 11.2. The van der Waals surface area contributed by atoms with E-state index in [-0.39, 0.29) is 0 Å². The van der Waals surface area contributed by atoms with Crippen LogP contribution in [0.1, 0.15) is 19.8 Å². The van der Waals surface area contributed by atoms with Crippen LogP contribution >= 0.6 is 0 Å². The van der Waals surface area contributed by atoms with Gasteiger partial charge >= 0.3 is 0 Å². The standard InChI is InChI=1S/C14H21NO/c1-2-15-10-6-7-13(11-15)12-16-14-8-4-3-5-9-14/h3-5,8-9,13H,2,6-7,10-12H2,1H3/t13-/m1/s1. The highest BCUT2D eigenvalue weighted by Gasteiger charge is 2.18. The van der Waals surface area contributed by atoms with Gasteiger partial charge in [-0.1, -0.05) is 25.1 Å². The molecule has 1 aliphatic heterocycles. The molecule has 1 aromatic carbocycles. The predicted molar refractivity (Wildman–Crippen MR) is 66.8 cm³/mol. The lowest BCUT2D eigenvalue weighted by molar-refractivity contribution is 0.135. The van der Waals surface area contributed by atoms with Crippen molar-refractivity contribution in [3.63, 3.8) is 0 Å². The van der Waals surface area contributed by atoms with Gasteiger partial charge in [0.05, 0.1) is 6.61 Å². The topological polar surface area (TPSA) is 12.5 Å². The van der Waals surface area contributed by atoms with Crippen molar-refractivity contribution >= 4 is 0 Å². The van der Waals surface area contributed by atoms with Gasteiger partial charge in [-0.15, -0.1) is 0 Å². The molecule has 0 bridgehead atoms. The second-order valence-electron chi connectivity index (χ2n) is 4.53. The van der Waals surface area contributed by atoms with E-state index < -0.39 is 0 Å². The maximum atomic E-state index is 5.81. The van der Waals surface area contributed by atoms with Crippen LogP contribution in [0.3, 0.4) is 0 Å². The Hall–Kier alpha value is -1.02. The van der Waals surface area contributed by atoms with Crippen molar-refractivity contribution < 1.29 is 4.74 Å². The van der Waals surface area contributed by atoms with Crippen molar-refractivity contribution in [2.45, 2.75) is 19.8 Å². The molecule has 2 nitrogen and oxygen atoms in total. The minimum Gasteiger partial charge on any atom is -0.493 e. The third-order valence-electron chi connectivity index (χ3n) is 3.28. The number of hydrogen-bond donors (Lipinski definition) is 0. The number of nitrogens with zero attached hydrogens (tertiary/aromatic N) is 1. The molecule has 1 fully saturated rings. The van der Waals surface area contributed by atoms with Gasteiger partial charge in [0.15, 0.2) is 0 Å². The summed E-state index contributed by atoms with van der Waals surface area (Å²) in [5.74, 6) is 1.70. The number of para-hydroxylation sites is 1. The summed E-state index contributed by atoms with van der Waals surface area (Å²) in [7, 11) is 0. The fourth-order valence-corrected chi connectivity index (χ4v) is 2.31. The summed E-state index contributed by atoms with van der Waals surface area (Å²) in [6.45, 7) is 6.73. The lowest BCUT2D eigenvalue weighted by Gasteiger charge is -2.31. The minimum atomic E-state index is 0.703. The summed E-state index contributed by atoms with van der Waals surface area (Å²) < 4.78 is 5.81. The molecule has 0 unspecified atom stereocenters. The fraction of sp³-hybridized carbons (Fsp3) is 0.571. The second-order valence-corrected chi connectivity index (χ2v) is 4.53. The maximum Gasteiger partial charge on any atom is 0.119 e. The first-order chi connectivity index (χ1) is 7.88. The van der Waals surface area contributed by atoms with Gasteiger partial charge < -0.3 is 9.64 Å². The van der Waals surface area contributed by atoms with Gasteiger partial charge in [-0.05, 0) is 38.1 Å². The zero-order valence-corrected chi connectivity index (χ0v) is 10.1. The van der Waals surface area contributed by atoms with Crippen molar-refractivity contribution in [3.05, 3.63) is 30.3 Å². The summed E-state index contributed by atoms with van der Waals surface area (Å²) in [6.07, 6.45) is 2.62. The molecule has 1 saturated heterocycles. The van der Waals surface area contributed by atoms with Crippen LogP contribution in [0.2, 0.25) is 0 Å². The Morgan fingerprint density at radius 1 is 1.31 bits per heavy atom. The van der Waals surface area contributed by atoms with Gasteiger partial charge in [0.1, 0.15) is 5.75 Å². The third-order valence-corrected chi connectivity index (χ3v) is 3.28. The van der Waals surface area contributed by atoms with Gasteiger partial charge in [-0.3, -0.25) is 0 Å². The first-order valence-corrected chi connectivity index (χ1v) is 6.28. The summed E-state index contributed by atoms with van der Waals surface area (Å²) in [5.41, 5.74) is 0. The van der Waals surface area contributed by atoms with E-state index in [0.29, 0.717) is 5.92 Å². The number of hydrogen-bond acceptors (Lipinski definition) is 2. The number of benzene rings is 1. The quantitative estimate of drug-likeness (QED) is 0.772. The molecule has 0 radical (unpaired) electrons. The fourth-order valence-electron chi connectivity index (χ4n) is 2.31. The van der Waals surface area contributed by atoms with E-state index in [9.17, 15) is 0 Å². The largest absolute Gasteiger partial charge is 0.493 e. The number of ether oxygens (including phenoxy) is 1. The van der Waals surface area contributed by atoms with Gasteiger partial charge in [-0.25, -0.2) is 0 Å². The van der Waals surface area contributed by atoms with Crippen LogP contribution in [0.5, 0.6) is 5.75 Å². The van der Waals surface area contributed by atoms with Crippen LogP contribution in [0, 0.1) is 5.92 Å². The smallest absolute Gasteiger partial charge is 0.119 e. The molecule has 16 heavy (non-hydrogen) atoms. The molecule has 0 N–H and O–H groups in total. The van der Waals surface area contributed by atoms with E-state index in [2.05, 4.69) is 11.8 Å². The highest BCUT2D eigenvalue weighted by molar-refractivity contribution is 5.20. The minimum absolute atomic E-state index is 0.703. The molecule has 0 aromatic heterocycles. The molecule has 88 valence electrons. The zero-order valence-electron chi connectivity index (χ0n) is 10.1. The van der Waals surface area contributed by atoms with E-state index in [4.69, 9.17) is 4.74 Å². The molecule has 1 atom stereocenters. The molecule has 1 aliphatic rings. The Morgan fingerprint density at radius 3 is 2.88 bits per heavy atom. The normalized spacial score (nSPS) is 21.9. The van der Waals surface area contributed by atoms with Crippen LogP contribution in [0.4, 0.5) is 0 Å². The van der Waals surface area contributed by atoms with Crippen LogP contribution in [0.15, 0.2) is 30.3 Å². The molecular formula is C14H21NO. The Kier molecular flexibility index (Phi) is 4.23. The Labute approximate surface area is 98.2 Å². The number of likely N-dealkylation sites (tertiary alicyclic amines) is 1. The van der Waals surface area contributed by atoms with E-state index >= 15 is 0 Å². The second kappa shape index (κ2) is 5.90. The molecule has 1 heterocycles. The highest BCUT2D eigenvalue weighted by atomic mass is 16.5. The van der Waals surface area contributed by atoms with Gasteiger partial charge in [0.2, 0.25) is 0 Å². The van der Waals surface area contributed by atoms with Crippen molar-refractivity contribution in [1.82, 2.24) is 4.90 Å². The molecular weight excluding hydrogens is 198 g/mol.